The van der Waals surface area contributed by atoms with E-state index < -0.39 is 0 Å². The molecular weight excluding hydrogens is 318 g/mol. The van der Waals surface area contributed by atoms with Crippen LogP contribution in [0.1, 0.15) is 6.42 Å². The minimum absolute atomic E-state index is 0. The first-order valence-corrected chi connectivity index (χ1v) is 2.77. The smallest absolute Gasteiger partial charge is 0.290 e. The fourth-order valence-corrected chi connectivity index (χ4v) is 0.250. The zero-order valence-corrected chi connectivity index (χ0v) is 8.08. The van der Waals surface area contributed by atoms with Crippen LogP contribution in [0.4, 0.5) is 0 Å². The Morgan fingerprint density at radius 3 is 2.00 bits per heavy atom. The third-order valence-electron chi connectivity index (χ3n) is 0.348. The maximum absolute atomic E-state index is 8.36. The van der Waals surface area contributed by atoms with Gasteiger partial charge in [-0.15, -0.1) is 0 Å². The van der Waals surface area contributed by atoms with Crippen LogP contribution in [0, 0.1) is 0 Å². The second-order valence-electron chi connectivity index (χ2n) is 0.952. The molecule has 0 heterocycles. The average molecular weight is 328 g/mol. The molecule has 0 unspecified atom stereocenters. The van der Waals surface area contributed by atoms with E-state index in [1.807, 2.05) is 0 Å². The van der Waals surface area contributed by atoms with E-state index in [-0.39, 0.29) is 26.6 Å². The minimum Gasteiger partial charge on any atom is -0.793 e. The number of rotatable bonds is 2. The van der Waals surface area contributed by atoms with Gasteiger partial charge >= 0.3 is 0 Å². The quantitative estimate of drug-likeness (QED) is 0.534. The summed E-state index contributed by atoms with van der Waals surface area (Å²) >= 11 is 4.57. The molecule has 9 heavy (non-hydrogen) atoms. The Balaban J connectivity index is -0.0000000800. The minimum atomic E-state index is -0.250. The first-order valence-electron chi connectivity index (χ1n) is 2.19. The number of hydrogen-bond acceptors (Lipinski definition) is 3. The van der Waals surface area contributed by atoms with Crippen LogP contribution < -0.4 is 5.73 Å². The summed E-state index contributed by atoms with van der Waals surface area (Å²) in [6.07, 6.45) is 0.981. The van der Waals surface area contributed by atoms with E-state index in [0.717, 1.165) is 18.7 Å². The third kappa shape index (κ3) is 59.0. The molecule has 0 aromatic rings. The van der Waals surface area contributed by atoms with Crippen LogP contribution in [-0.4, -0.2) is 23.9 Å². The van der Waals surface area contributed by atoms with Crippen molar-refractivity contribution in [2.24, 2.45) is 5.73 Å². The summed E-state index contributed by atoms with van der Waals surface area (Å²) in [5.74, 6) is 0.802. The fraction of sp³-hybridized carbons (Fsp3) is 0.750. The van der Waals surface area contributed by atoms with Gasteiger partial charge in [0.05, 0.1) is 0 Å². The standard InChI is InChI=1S/C3H9NS.CH2O2.Ir/c4-2-1-3-5;2-1-3;/h5H,1-4H2;1H,(H,2,3);/p-1. The zero-order valence-electron chi connectivity index (χ0n) is 4.87. The predicted octanol–water partition coefficient (Wildman–Crippen LogP) is -0.420. The van der Waals surface area contributed by atoms with Crippen molar-refractivity contribution < 1.29 is 30.0 Å². The van der Waals surface area contributed by atoms with Gasteiger partial charge in [-0.3, -0.25) is 4.79 Å². The molecule has 5 heteroatoms. The van der Waals surface area contributed by atoms with Crippen LogP contribution >= 0.6 is 0 Å². The molecule has 0 saturated carbocycles. The van der Waals surface area contributed by atoms with E-state index in [0.29, 0.717) is 0 Å². The van der Waals surface area contributed by atoms with Gasteiger partial charge in [-0.25, -0.2) is 0 Å². The molecule has 0 fully saturated rings. The molecule has 0 aliphatic rings. The van der Waals surface area contributed by atoms with Crippen molar-refractivity contribution in [1.82, 2.24) is 0 Å². The number of hydrogen-bond donors (Lipinski definition) is 2. The second kappa shape index (κ2) is 23.7. The molecule has 0 atom stereocenters. The SMILES string of the molecule is NCCC[S-].O=CO.[Ir]. The van der Waals surface area contributed by atoms with Crippen molar-refractivity contribution in [1.29, 1.82) is 0 Å². The van der Waals surface area contributed by atoms with Crippen LogP contribution in [0.15, 0.2) is 0 Å². The van der Waals surface area contributed by atoms with Gasteiger partial charge < -0.3 is 23.5 Å². The summed E-state index contributed by atoms with van der Waals surface area (Å²) in [4.78, 5) is 8.36. The summed E-state index contributed by atoms with van der Waals surface area (Å²) in [6, 6.07) is 0. The van der Waals surface area contributed by atoms with Gasteiger partial charge in [0, 0.05) is 20.1 Å². The van der Waals surface area contributed by atoms with E-state index in [1.165, 1.54) is 0 Å². The molecule has 0 bridgehead atoms. The fourth-order valence-electron chi connectivity index (χ4n) is 0.0833. The van der Waals surface area contributed by atoms with Crippen molar-refractivity contribution in [2.75, 3.05) is 12.3 Å². The van der Waals surface area contributed by atoms with Crippen LogP contribution in [0.2, 0.25) is 0 Å². The molecule has 0 aliphatic heterocycles. The van der Waals surface area contributed by atoms with Crippen LogP contribution in [-0.2, 0) is 37.5 Å². The van der Waals surface area contributed by atoms with Gasteiger partial charge in [0.15, 0.2) is 0 Å². The summed E-state index contributed by atoms with van der Waals surface area (Å²) < 4.78 is 0. The molecule has 0 amide bonds. The normalized spacial score (nSPS) is 6.00. The van der Waals surface area contributed by atoms with Crippen LogP contribution in [0.25, 0.3) is 0 Å². The Hall–Kier alpha value is 0.429. The molecule has 0 rings (SSSR count). The van der Waals surface area contributed by atoms with E-state index in [4.69, 9.17) is 15.6 Å². The van der Waals surface area contributed by atoms with Gasteiger partial charge in [0.25, 0.3) is 6.47 Å². The Labute approximate surface area is 73.8 Å². The summed E-state index contributed by atoms with van der Waals surface area (Å²) in [5.41, 5.74) is 5.07. The van der Waals surface area contributed by atoms with Gasteiger partial charge in [0.2, 0.25) is 0 Å². The average Bonchev–Trinajstić information content (AvgIpc) is 1.71. The van der Waals surface area contributed by atoms with Crippen molar-refractivity contribution in [3.05, 3.63) is 0 Å². The monoisotopic (exact) mass is 329 g/mol. The molecule has 0 spiro atoms. The van der Waals surface area contributed by atoms with E-state index in [2.05, 4.69) is 12.6 Å². The van der Waals surface area contributed by atoms with Crippen molar-refractivity contribution >= 4 is 19.1 Å². The van der Waals surface area contributed by atoms with E-state index in [1.54, 1.807) is 0 Å². The Kier molecular flexibility index (Phi) is 42.7. The Morgan fingerprint density at radius 2 is 2.00 bits per heavy atom. The number of carbonyl (C=O) groups is 1. The van der Waals surface area contributed by atoms with Gasteiger partial charge in [0.1, 0.15) is 0 Å². The molecule has 0 aliphatic carbocycles. The van der Waals surface area contributed by atoms with Crippen LogP contribution in [0.3, 0.4) is 0 Å². The third-order valence-corrected chi connectivity index (χ3v) is 0.637. The van der Waals surface area contributed by atoms with Crippen LogP contribution in [0.5, 0.6) is 0 Å². The molecule has 3 nitrogen and oxygen atoms in total. The summed E-state index contributed by atoms with van der Waals surface area (Å²) in [7, 11) is 0. The first-order chi connectivity index (χ1) is 3.83. The van der Waals surface area contributed by atoms with Gasteiger partial charge in [-0.05, 0) is 6.54 Å². The Morgan fingerprint density at radius 1 is 1.67 bits per heavy atom. The van der Waals surface area contributed by atoms with Crippen molar-refractivity contribution in [3.63, 3.8) is 0 Å². The molecule has 0 aromatic heterocycles. The Bertz CT molecular complexity index is 45.5. The molecule has 1 radical (unpaired) electrons. The predicted molar refractivity (Wildman–Crippen MR) is 34.6 cm³/mol. The number of nitrogens with two attached hydrogens (primary N) is 1. The van der Waals surface area contributed by atoms with E-state index in [9.17, 15) is 0 Å². The summed E-state index contributed by atoms with van der Waals surface area (Å²) in [6.45, 7) is 0.490. The molecular formula is C4H10IrNO2S-. The second-order valence-corrected chi connectivity index (χ2v) is 1.36. The molecule has 0 aromatic carbocycles. The molecule has 0 saturated heterocycles. The summed E-state index contributed by atoms with van der Waals surface area (Å²) in [5, 5.41) is 6.89. The maximum Gasteiger partial charge on any atom is 0.290 e. The first kappa shape index (κ1) is 16.2. The largest absolute Gasteiger partial charge is 0.793 e. The number of carboxylic acid groups (broad SMARTS) is 1. The topological polar surface area (TPSA) is 63.3 Å². The molecule has 3 N–H and O–H groups in total. The van der Waals surface area contributed by atoms with Crippen molar-refractivity contribution in [2.45, 2.75) is 6.42 Å². The van der Waals surface area contributed by atoms with E-state index >= 15 is 0 Å². The maximum atomic E-state index is 8.36. The van der Waals surface area contributed by atoms with Gasteiger partial charge in [-0.2, -0.15) is 5.75 Å². The molecule has 59 valence electrons. The van der Waals surface area contributed by atoms with Crippen molar-refractivity contribution in [3.8, 4) is 0 Å². The van der Waals surface area contributed by atoms with Gasteiger partial charge in [-0.1, -0.05) is 6.42 Å². The zero-order chi connectivity index (χ0) is 6.83.